The molecule has 0 radical (unpaired) electrons. The monoisotopic (exact) mass is 228 g/mol. The van der Waals surface area contributed by atoms with Gasteiger partial charge in [0.05, 0.1) is 11.0 Å². The van der Waals surface area contributed by atoms with Crippen LogP contribution in [0, 0.1) is 0 Å². The van der Waals surface area contributed by atoms with Crippen LogP contribution in [0.25, 0.3) is 0 Å². The van der Waals surface area contributed by atoms with Gasteiger partial charge in [-0.3, -0.25) is 0 Å². The van der Waals surface area contributed by atoms with Gasteiger partial charge in [-0.1, -0.05) is 19.1 Å². The van der Waals surface area contributed by atoms with Gasteiger partial charge in [0.1, 0.15) is 0 Å². The van der Waals surface area contributed by atoms with Crippen molar-refractivity contribution in [2.75, 3.05) is 5.17 Å². The van der Waals surface area contributed by atoms with Crippen molar-refractivity contribution < 1.29 is 18.4 Å². The highest BCUT2D eigenvalue weighted by atomic mass is 31.2. The number of hydrogen-bond donors (Lipinski definition) is 0. The lowest BCUT2D eigenvalue weighted by Crippen LogP contribution is -2.34. The zero-order chi connectivity index (χ0) is 10.5. The molecule has 0 aliphatic carbocycles. The first-order valence-electron chi connectivity index (χ1n) is 4.58. The van der Waals surface area contributed by atoms with Crippen molar-refractivity contribution in [3.63, 3.8) is 0 Å². The molecule has 0 amide bonds. The maximum Gasteiger partial charge on any atom is 0.538 e. The Kier molecular flexibility index (Phi) is 1.89. The number of nitrogens with zero attached hydrogens (tertiary/aromatic N) is 2. The second-order valence-corrected chi connectivity index (χ2v) is 4.61. The van der Waals surface area contributed by atoms with Crippen LogP contribution in [0.3, 0.4) is 0 Å². The second kappa shape index (κ2) is 3.04. The predicted octanol–water partition coefficient (Wildman–Crippen LogP) is 2.20. The van der Waals surface area contributed by atoms with Crippen molar-refractivity contribution in [1.82, 2.24) is 5.34 Å². The van der Waals surface area contributed by atoms with E-state index in [2.05, 4.69) is 6.92 Å². The van der Waals surface area contributed by atoms with Gasteiger partial charge >= 0.3 is 7.82 Å². The fraction of sp³-hybridized carbons (Fsp3) is 0.250. The topological polar surface area (TPSA) is 51.2 Å². The molecule has 1 aromatic carbocycles. The number of hydrogen-bond acceptors (Lipinski definition) is 6. The molecule has 4 rings (SSSR count). The van der Waals surface area contributed by atoms with Crippen molar-refractivity contribution in [3.8, 4) is 0 Å². The lowest BCUT2D eigenvalue weighted by molar-refractivity contribution is -0.318. The number of rotatable bonds is 2. The molecule has 3 aliphatic rings. The Labute approximate surface area is 86.4 Å². The van der Waals surface area contributed by atoms with Gasteiger partial charge < -0.3 is 0 Å². The lowest BCUT2D eigenvalue weighted by Gasteiger charge is -2.21. The van der Waals surface area contributed by atoms with Crippen LogP contribution in [-0.4, -0.2) is 5.34 Å². The third kappa shape index (κ3) is 1.39. The number of benzene rings is 1. The Morgan fingerprint density at radius 2 is 1.87 bits per heavy atom. The fourth-order valence-corrected chi connectivity index (χ4v) is 2.29. The van der Waals surface area contributed by atoms with Crippen molar-refractivity contribution in [3.05, 3.63) is 29.8 Å². The maximum atomic E-state index is 11.2. The molecule has 0 saturated carbocycles. The van der Waals surface area contributed by atoms with Gasteiger partial charge in [0, 0.05) is 0 Å². The number of hydrazine groups is 1. The minimum absolute atomic E-state index is 0.711. The summed E-state index contributed by atoms with van der Waals surface area (Å²) in [4.78, 5) is 0. The second-order valence-electron chi connectivity index (χ2n) is 3.22. The average Bonchev–Trinajstić information content (AvgIpc) is 2.71. The third-order valence-corrected chi connectivity index (χ3v) is 3.26. The summed E-state index contributed by atoms with van der Waals surface area (Å²) in [6.07, 6.45) is 0.969. The third-order valence-electron chi connectivity index (χ3n) is 2.23. The Bertz CT molecular complexity index is 425. The summed E-state index contributed by atoms with van der Waals surface area (Å²) < 4.78 is 25.7. The van der Waals surface area contributed by atoms with Gasteiger partial charge in [-0.2, -0.15) is 0 Å². The molecule has 1 aromatic rings. The minimum Gasteiger partial charge on any atom is -0.222 e. The van der Waals surface area contributed by atoms with Crippen LogP contribution in [0.4, 0.5) is 5.69 Å². The zero-order valence-corrected chi connectivity index (χ0v) is 8.89. The van der Waals surface area contributed by atoms with E-state index in [-0.39, 0.29) is 0 Å². The molecule has 0 spiro atoms. The van der Waals surface area contributed by atoms with Crippen LogP contribution in [0.15, 0.2) is 24.3 Å². The first-order chi connectivity index (χ1) is 7.20. The molecular weight excluding hydrogens is 219 g/mol. The average molecular weight is 228 g/mol. The van der Waals surface area contributed by atoms with E-state index < -0.39 is 7.82 Å². The van der Waals surface area contributed by atoms with Crippen LogP contribution < -0.4 is 5.17 Å². The molecule has 7 heteroatoms. The molecule has 2 bridgehead atoms. The van der Waals surface area contributed by atoms with Gasteiger partial charge in [0.2, 0.25) is 0 Å². The van der Waals surface area contributed by atoms with Gasteiger partial charge in [-0.15, -0.1) is 19.0 Å². The molecular formula is C8H9N2O4P. The Balaban J connectivity index is 1.85. The SMILES string of the molecule is CCc1ccc(N2OP3(=O)ON2O3)cc1. The van der Waals surface area contributed by atoms with E-state index in [1.807, 2.05) is 24.3 Å². The van der Waals surface area contributed by atoms with Crippen LogP contribution in [-0.2, 0) is 24.9 Å². The summed E-state index contributed by atoms with van der Waals surface area (Å²) >= 11 is 0. The first-order valence-corrected chi connectivity index (χ1v) is 6.04. The number of anilines is 1. The van der Waals surface area contributed by atoms with Gasteiger partial charge in [-0.25, -0.2) is 4.57 Å². The van der Waals surface area contributed by atoms with Crippen LogP contribution in [0.2, 0.25) is 0 Å². The summed E-state index contributed by atoms with van der Waals surface area (Å²) in [5, 5.41) is 2.18. The summed E-state index contributed by atoms with van der Waals surface area (Å²) in [5.41, 5.74) is 1.93. The Hall–Kier alpha value is -0.910. The molecule has 3 saturated heterocycles. The molecule has 3 fully saturated rings. The molecule has 6 nitrogen and oxygen atoms in total. The largest absolute Gasteiger partial charge is 0.538 e. The lowest BCUT2D eigenvalue weighted by atomic mass is 10.1. The predicted molar refractivity (Wildman–Crippen MR) is 51.0 cm³/mol. The zero-order valence-electron chi connectivity index (χ0n) is 7.99. The summed E-state index contributed by atoms with van der Waals surface area (Å²) in [6.45, 7) is 2.08. The minimum atomic E-state index is -3.29. The molecule has 0 N–H and O–H groups in total. The quantitative estimate of drug-likeness (QED) is 0.723. The van der Waals surface area contributed by atoms with Crippen LogP contribution in [0.5, 0.6) is 0 Å². The van der Waals surface area contributed by atoms with E-state index in [9.17, 15) is 4.57 Å². The van der Waals surface area contributed by atoms with E-state index in [1.165, 1.54) is 10.7 Å². The maximum absolute atomic E-state index is 11.2. The van der Waals surface area contributed by atoms with E-state index >= 15 is 0 Å². The highest BCUT2D eigenvalue weighted by Crippen LogP contribution is 2.67. The van der Waals surface area contributed by atoms with E-state index in [0.717, 1.165) is 11.8 Å². The summed E-state index contributed by atoms with van der Waals surface area (Å²) in [6, 6.07) is 7.62. The normalized spacial score (nSPS) is 32.9. The van der Waals surface area contributed by atoms with Crippen molar-refractivity contribution in [2.45, 2.75) is 13.3 Å². The van der Waals surface area contributed by atoms with Crippen LogP contribution >= 0.6 is 7.82 Å². The highest BCUT2D eigenvalue weighted by molar-refractivity contribution is 7.49. The summed E-state index contributed by atoms with van der Waals surface area (Å²) in [7, 11) is -3.29. The Morgan fingerprint density at radius 1 is 1.20 bits per heavy atom. The van der Waals surface area contributed by atoms with E-state index in [1.54, 1.807) is 0 Å². The van der Waals surface area contributed by atoms with Crippen LogP contribution in [0.1, 0.15) is 12.5 Å². The molecule has 0 atom stereocenters. The molecule has 0 unspecified atom stereocenters. The fourth-order valence-electron chi connectivity index (χ4n) is 1.40. The van der Waals surface area contributed by atoms with Crippen molar-refractivity contribution >= 4 is 13.5 Å². The van der Waals surface area contributed by atoms with E-state index in [0.29, 0.717) is 5.69 Å². The van der Waals surface area contributed by atoms with Crippen molar-refractivity contribution in [2.24, 2.45) is 0 Å². The molecule has 80 valence electrons. The van der Waals surface area contributed by atoms with Gasteiger partial charge in [0.25, 0.3) is 0 Å². The molecule has 15 heavy (non-hydrogen) atoms. The standard InChI is InChI=1S/C8H9N2O4P/c1-2-7-3-5-8(6-4-7)9-10-13-15(11,12-9)14-10/h3-6H,2H2,1H3. The molecule has 3 aliphatic heterocycles. The molecule has 0 aromatic heterocycles. The number of aryl methyl sites for hydroxylation is 1. The number of phosphoric acid groups is 1. The number of fused-ring (bicyclic) bond motifs is 1. The molecule has 3 heterocycles. The first kappa shape index (κ1) is 9.33. The van der Waals surface area contributed by atoms with E-state index in [4.69, 9.17) is 13.9 Å². The Morgan fingerprint density at radius 3 is 2.33 bits per heavy atom. The van der Waals surface area contributed by atoms with Crippen molar-refractivity contribution in [1.29, 1.82) is 0 Å². The smallest absolute Gasteiger partial charge is 0.222 e. The van der Waals surface area contributed by atoms with Gasteiger partial charge in [-0.05, 0) is 24.1 Å². The summed E-state index contributed by atoms with van der Waals surface area (Å²) in [5.74, 6) is 0. The highest BCUT2D eigenvalue weighted by Gasteiger charge is 2.60. The van der Waals surface area contributed by atoms with Gasteiger partial charge in [0.15, 0.2) is 0 Å².